The fourth-order valence-electron chi connectivity index (χ4n) is 4.30. The van der Waals surface area contributed by atoms with E-state index in [2.05, 4.69) is 25.2 Å². The second-order valence-corrected chi connectivity index (χ2v) is 10.3. The van der Waals surface area contributed by atoms with Crippen LogP contribution in [0.3, 0.4) is 0 Å². The molecule has 0 aliphatic carbocycles. The van der Waals surface area contributed by atoms with Crippen LogP contribution in [0.1, 0.15) is 142 Å². The van der Waals surface area contributed by atoms with Crippen LogP contribution in [0.15, 0.2) is 24.3 Å². The van der Waals surface area contributed by atoms with E-state index in [1.807, 2.05) is 12.2 Å². The molecule has 4 N–H and O–H groups in total. The van der Waals surface area contributed by atoms with E-state index < -0.39 is 24.2 Å². The second-order valence-electron chi connectivity index (χ2n) is 10.3. The van der Waals surface area contributed by atoms with E-state index in [4.69, 9.17) is 0 Å². The summed E-state index contributed by atoms with van der Waals surface area (Å²) in [5.41, 5.74) is 0. The Kier molecular flexibility index (Phi) is 26.0. The molecule has 212 valence electrons. The lowest BCUT2D eigenvalue weighted by Gasteiger charge is -2.21. The zero-order valence-corrected chi connectivity index (χ0v) is 23.6. The molecule has 0 saturated heterocycles. The minimum atomic E-state index is -1.14. The summed E-state index contributed by atoms with van der Waals surface area (Å²) in [4.78, 5) is 12.2. The summed E-state index contributed by atoms with van der Waals surface area (Å²) in [6.45, 7) is 4.08. The van der Waals surface area contributed by atoms with Crippen molar-refractivity contribution in [3.63, 3.8) is 0 Å². The van der Waals surface area contributed by atoms with Gasteiger partial charge in [-0.25, -0.2) is 0 Å². The van der Waals surface area contributed by atoms with Gasteiger partial charge in [0.2, 0.25) is 5.91 Å². The minimum Gasteiger partial charge on any atom is -0.394 e. The van der Waals surface area contributed by atoms with Crippen molar-refractivity contribution in [1.29, 1.82) is 0 Å². The van der Waals surface area contributed by atoms with Gasteiger partial charge in [0, 0.05) is 0 Å². The van der Waals surface area contributed by atoms with Crippen LogP contribution < -0.4 is 5.32 Å². The number of nitrogens with one attached hydrogen (secondary N) is 1. The molecule has 5 heteroatoms. The number of carbonyl (C=O) groups is 1. The molecule has 0 fully saturated rings. The Morgan fingerprint density at radius 2 is 1.11 bits per heavy atom. The van der Waals surface area contributed by atoms with Gasteiger partial charge >= 0.3 is 0 Å². The van der Waals surface area contributed by atoms with Crippen molar-refractivity contribution >= 4 is 5.91 Å². The van der Waals surface area contributed by atoms with E-state index in [-0.39, 0.29) is 6.61 Å². The Morgan fingerprint density at radius 1 is 0.667 bits per heavy atom. The molecule has 0 aromatic carbocycles. The first-order valence-electron chi connectivity index (χ1n) is 15.2. The van der Waals surface area contributed by atoms with Gasteiger partial charge in [0.15, 0.2) is 0 Å². The molecule has 5 nitrogen and oxygen atoms in total. The number of carbonyl (C=O) groups excluding carboxylic acids is 1. The highest BCUT2D eigenvalue weighted by molar-refractivity contribution is 5.80. The second kappa shape index (κ2) is 26.9. The zero-order valence-electron chi connectivity index (χ0n) is 23.6. The molecule has 0 aromatic rings. The Labute approximate surface area is 222 Å². The molecule has 3 unspecified atom stereocenters. The summed E-state index contributed by atoms with van der Waals surface area (Å²) < 4.78 is 0. The van der Waals surface area contributed by atoms with Crippen molar-refractivity contribution in [3.05, 3.63) is 24.3 Å². The van der Waals surface area contributed by atoms with E-state index >= 15 is 0 Å². The van der Waals surface area contributed by atoms with Crippen molar-refractivity contribution < 1.29 is 20.1 Å². The highest BCUT2D eigenvalue weighted by Gasteiger charge is 2.22. The molecule has 0 bridgehead atoms. The highest BCUT2D eigenvalue weighted by atomic mass is 16.3. The molecule has 0 aliphatic heterocycles. The van der Waals surface area contributed by atoms with Crippen LogP contribution in [-0.4, -0.2) is 46.1 Å². The van der Waals surface area contributed by atoms with Crippen LogP contribution in [-0.2, 0) is 4.79 Å². The lowest BCUT2D eigenvalue weighted by atomic mass is 10.0. The van der Waals surface area contributed by atoms with Gasteiger partial charge in [0.05, 0.1) is 18.8 Å². The third-order valence-corrected chi connectivity index (χ3v) is 6.79. The first kappa shape index (κ1) is 34.8. The molecular formula is C31H59NO4. The number of hydrogen-bond donors (Lipinski definition) is 4. The largest absolute Gasteiger partial charge is 0.394 e. The lowest BCUT2D eigenvalue weighted by molar-refractivity contribution is -0.131. The van der Waals surface area contributed by atoms with Gasteiger partial charge in [-0.2, -0.15) is 0 Å². The van der Waals surface area contributed by atoms with Crippen LogP contribution in [0.5, 0.6) is 0 Å². The summed E-state index contributed by atoms with van der Waals surface area (Å²) in [6.07, 6.45) is 29.2. The smallest absolute Gasteiger partial charge is 0.249 e. The maximum absolute atomic E-state index is 12.2. The molecule has 0 heterocycles. The average molecular weight is 510 g/mol. The maximum atomic E-state index is 12.2. The van der Waals surface area contributed by atoms with Gasteiger partial charge in [0.25, 0.3) is 0 Å². The van der Waals surface area contributed by atoms with Gasteiger partial charge in [-0.05, 0) is 38.5 Å². The van der Waals surface area contributed by atoms with Gasteiger partial charge in [-0.3, -0.25) is 4.79 Å². The fraction of sp³-hybridized carbons (Fsp3) is 0.839. The monoisotopic (exact) mass is 509 g/mol. The quantitative estimate of drug-likeness (QED) is 0.0737. The average Bonchev–Trinajstić information content (AvgIpc) is 2.88. The summed E-state index contributed by atoms with van der Waals surface area (Å²) in [6, 6.07) is -0.806. The SMILES string of the molecule is CCCCCC/C=C\CCC(O)C(=O)NC(CO)C(O)/C=C/CCCCCCCCCCCCCC. The van der Waals surface area contributed by atoms with Gasteiger partial charge in [-0.1, -0.05) is 128 Å². The van der Waals surface area contributed by atoms with Crippen molar-refractivity contribution in [2.24, 2.45) is 0 Å². The summed E-state index contributed by atoms with van der Waals surface area (Å²) in [5.74, 6) is -0.543. The molecule has 0 aromatic heterocycles. The zero-order chi connectivity index (χ0) is 26.7. The van der Waals surface area contributed by atoms with Crippen LogP contribution >= 0.6 is 0 Å². The molecule has 0 aliphatic rings. The first-order chi connectivity index (χ1) is 17.6. The molecule has 1 amide bonds. The third kappa shape index (κ3) is 22.1. The third-order valence-electron chi connectivity index (χ3n) is 6.79. The van der Waals surface area contributed by atoms with Crippen LogP contribution in [0.4, 0.5) is 0 Å². The molecule has 0 radical (unpaired) electrons. The van der Waals surface area contributed by atoms with E-state index in [0.29, 0.717) is 12.8 Å². The summed E-state index contributed by atoms with van der Waals surface area (Å²) in [7, 11) is 0. The number of unbranched alkanes of at least 4 members (excludes halogenated alkanes) is 16. The number of allylic oxidation sites excluding steroid dienone is 3. The minimum absolute atomic E-state index is 0.334. The molecule has 0 rings (SSSR count). The van der Waals surface area contributed by atoms with E-state index in [1.165, 1.54) is 96.3 Å². The number of rotatable bonds is 26. The highest BCUT2D eigenvalue weighted by Crippen LogP contribution is 2.13. The number of aliphatic hydroxyl groups excluding tert-OH is 3. The molecule has 0 saturated carbocycles. The van der Waals surface area contributed by atoms with Crippen molar-refractivity contribution in [1.82, 2.24) is 5.32 Å². The number of amides is 1. The predicted molar refractivity (Wildman–Crippen MR) is 153 cm³/mol. The van der Waals surface area contributed by atoms with Crippen LogP contribution in [0.25, 0.3) is 0 Å². The van der Waals surface area contributed by atoms with Crippen molar-refractivity contribution in [2.45, 2.75) is 161 Å². The number of aliphatic hydroxyl groups is 3. The Balaban J connectivity index is 3.86. The van der Waals surface area contributed by atoms with Gasteiger partial charge in [0.1, 0.15) is 6.10 Å². The fourth-order valence-corrected chi connectivity index (χ4v) is 4.30. The van der Waals surface area contributed by atoms with Gasteiger partial charge < -0.3 is 20.6 Å². The predicted octanol–water partition coefficient (Wildman–Crippen LogP) is 7.14. The molecular weight excluding hydrogens is 450 g/mol. The molecule has 3 atom stereocenters. The Hall–Kier alpha value is -1.17. The maximum Gasteiger partial charge on any atom is 0.249 e. The van der Waals surface area contributed by atoms with E-state index in [0.717, 1.165) is 19.3 Å². The van der Waals surface area contributed by atoms with Crippen LogP contribution in [0.2, 0.25) is 0 Å². The first-order valence-corrected chi connectivity index (χ1v) is 15.2. The van der Waals surface area contributed by atoms with Crippen LogP contribution in [0, 0.1) is 0 Å². The molecule has 36 heavy (non-hydrogen) atoms. The summed E-state index contributed by atoms with van der Waals surface area (Å²) >= 11 is 0. The Bertz CT molecular complexity index is 535. The lowest BCUT2D eigenvalue weighted by Crippen LogP contribution is -2.48. The molecule has 0 spiro atoms. The van der Waals surface area contributed by atoms with E-state index in [1.54, 1.807) is 6.08 Å². The van der Waals surface area contributed by atoms with Gasteiger partial charge in [-0.15, -0.1) is 0 Å². The van der Waals surface area contributed by atoms with Crippen molar-refractivity contribution in [2.75, 3.05) is 6.61 Å². The topological polar surface area (TPSA) is 89.8 Å². The van der Waals surface area contributed by atoms with Crippen molar-refractivity contribution in [3.8, 4) is 0 Å². The standard InChI is InChI=1S/C31H59NO4/c1-3-5-7-9-11-13-14-15-16-17-18-20-21-23-25-29(34)28(27-33)32-31(36)30(35)26-24-22-19-12-10-8-6-4-2/h19,22-23,25,28-30,33-35H,3-18,20-21,24,26-27H2,1-2H3,(H,32,36)/b22-19-,25-23+. The normalized spacial score (nSPS) is 14.5. The number of hydrogen-bond acceptors (Lipinski definition) is 4. The van der Waals surface area contributed by atoms with E-state index in [9.17, 15) is 20.1 Å². The summed E-state index contributed by atoms with van der Waals surface area (Å²) in [5, 5.41) is 32.6. The Morgan fingerprint density at radius 3 is 1.64 bits per heavy atom.